The highest BCUT2D eigenvalue weighted by atomic mass is 32.2. The molecule has 0 aromatic heterocycles. The first-order valence-corrected chi connectivity index (χ1v) is 10.5. The van der Waals surface area contributed by atoms with Crippen molar-refractivity contribution in [2.24, 2.45) is 0 Å². The normalized spacial score (nSPS) is 13.9. The molecular formula is C14H15F9O4S2. The molecule has 0 spiro atoms. The number of alkyl halides is 9. The zero-order valence-electron chi connectivity index (χ0n) is 15.0. The number of benzene rings is 1. The molecule has 1 aromatic rings. The quantitative estimate of drug-likeness (QED) is 0.397. The molecule has 0 saturated heterocycles. The van der Waals surface area contributed by atoms with Crippen molar-refractivity contribution in [3.8, 4) is 5.75 Å². The minimum absolute atomic E-state index is 0.281. The molecule has 0 saturated carbocycles. The number of aryl methyl sites for hydroxylation is 2. The van der Waals surface area contributed by atoms with Gasteiger partial charge in [0.15, 0.2) is 15.0 Å². The number of phenols is 1. The number of aromatic hydroxyl groups is 1. The van der Waals surface area contributed by atoms with E-state index >= 15 is 0 Å². The summed E-state index contributed by atoms with van der Waals surface area (Å²) in [7, 11) is -7.14. The third-order valence-electron chi connectivity index (χ3n) is 3.37. The van der Waals surface area contributed by atoms with E-state index < -0.39 is 33.4 Å². The van der Waals surface area contributed by atoms with Crippen LogP contribution in [-0.4, -0.2) is 53.9 Å². The molecule has 170 valence electrons. The first-order valence-electron chi connectivity index (χ1n) is 7.05. The molecule has 0 bridgehead atoms. The maximum Gasteiger partial charge on any atom is 0.460 e. The second-order valence-electron chi connectivity index (χ2n) is 5.84. The summed E-state index contributed by atoms with van der Waals surface area (Å²) in [6.07, 6.45) is -2.79. The van der Waals surface area contributed by atoms with Gasteiger partial charge in [-0.3, -0.25) is 0 Å². The summed E-state index contributed by atoms with van der Waals surface area (Å²) in [6, 6.07) is 4.12. The molecule has 0 heterocycles. The Bertz CT molecular complexity index is 811. The number of hydrogen-bond donors (Lipinski definition) is 1. The van der Waals surface area contributed by atoms with Crippen LogP contribution in [0.2, 0.25) is 0 Å². The van der Waals surface area contributed by atoms with Gasteiger partial charge in [-0.15, -0.1) is 0 Å². The van der Waals surface area contributed by atoms with Crippen LogP contribution in [0.3, 0.4) is 0 Å². The van der Waals surface area contributed by atoms with Gasteiger partial charge in [-0.05, 0) is 37.1 Å². The third-order valence-corrected chi connectivity index (χ3v) is 5.43. The van der Waals surface area contributed by atoms with Crippen molar-refractivity contribution in [3.63, 3.8) is 0 Å². The highest BCUT2D eigenvalue weighted by molar-refractivity contribution is 7.95. The van der Waals surface area contributed by atoms with Gasteiger partial charge in [-0.2, -0.15) is 39.5 Å². The fraction of sp³-hybridized carbons (Fsp3) is 0.571. The van der Waals surface area contributed by atoms with Gasteiger partial charge in [0.2, 0.25) is 0 Å². The molecule has 0 aliphatic rings. The second kappa shape index (κ2) is 8.41. The fourth-order valence-corrected chi connectivity index (χ4v) is 2.94. The average molecular weight is 482 g/mol. The van der Waals surface area contributed by atoms with Crippen LogP contribution < -0.4 is 0 Å². The lowest BCUT2D eigenvalue weighted by Gasteiger charge is -2.34. The van der Waals surface area contributed by atoms with Gasteiger partial charge in [0, 0.05) is 10.9 Å². The number of phenolic OH excluding ortho intramolecular Hbond substituents is 1. The molecule has 15 heteroatoms. The minimum atomic E-state index is -7.43. The average Bonchev–Trinajstić information content (AvgIpc) is 2.50. The van der Waals surface area contributed by atoms with Crippen LogP contribution in [-0.2, 0) is 21.0 Å². The molecule has 1 aromatic carbocycles. The second-order valence-corrected chi connectivity index (χ2v) is 9.36. The van der Waals surface area contributed by atoms with Crippen LogP contribution in [0.1, 0.15) is 11.1 Å². The van der Waals surface area contributed by atoms with Crippen molar-refractivity contribution in [2.75, 3.05) is 12.5 Å². The molecule has 0 unspecified atom stereocenters. The Kier molecular flexibility index (Phi) is 8.02. The van der Waals surface area contributed by atoms with Gasteiger partial charge in [0.1, 0.15) is 18.3 Å². The lowest BCUT2D eigenvalue weighted by atomic mass is 10.1. The number of hydrogen-bond acceptors (Lipinski definition) is 4. The van der Waals surface area contributed by atoms with Crippen molar-refractivity contribution in [1.29, 1.82) is 0 Å². The summed E-state index contributed by atoms with van der Waals surface area (Å²) in [5, 5.41) is 2.40. The Morgan fingerprint density at radius 3 is 1.45 bits per heavy atom. The summed E-state index contributed by atoms with van der Waals surface area (Å²) in [4.78, 5) is 1.32. The Hall–Kier alpha value is -1.35. The van der Waals surface area contributed by atoms with Gasteiger partial charge in [0.05, 0.1) is 0 Å². The molecular weight excluding hydrogens is 467 g/mol. The fourth-order valence-electron chi connectivity index (χ4n) is 1.67. The molecule has 0 aliphatic heterocycles. The zero-order chi connectivity index (χ0) is 23.8. The molecule has 0 fully saturated rings. The molecule has 1 N–H and O–H groups in total. The smallest absolute Gasteiger partial charge is 0.460 e. The van der Waals surface area contributed by atoms with Crippen LogP contribution in [0.25, 0.3) is 0 Å². The zero-order valence-corrected chi connectivity index (χ0v) is 16.7. The lowest BCUT2D eigenvalue weighted by Crippen LogP contribution is -2.63. The van der Waals surface area contributed by atoms with E-state index in [1.54, 1.807) is 0 Å². The first-order chi connectivity index (χ1) is 12.5. The molecule has 0 amide bonds. The highest BCUT2D eigenvalue weighted by Crippen LogP contribution is 2.54. The van der Waals surface area contributed by atoms with Crippen molar-refractivity contribution in [2.45, 2.75) is 42.0 Å². The van der Waals surface area contributed by atoms with Gasteiger partial charge in [-0.1, -0.05) is 0 Å². The summed E-state index contributed by atoms with van der Waals surface area (Å²) < 4.78 is 135. The number of rotatable bonds is 4. The molecule has 0 aliphatic carbocycles. The van der Waals surface area contributed by atoms with Gasteiger partial charge >= 0.3 is 23.3 Å². The molecule has 0 atom stereocenters. The summed E-state index contributed by atoms with van der Waals surface area (Å²) in [5.74, 6) is -14.4. The maximum absolute atomic E-state index is 12.2. The maximum atomic E-state index is 12.2. The van der Waals surface area contributed by atoms with Gasteiger partial charge in [0.25, 0.3) is 0 Å². The van der Waals surface area contributed by atoms with Crippen LogP contribution in [0.5, 0.6) is 5.75 Å². The SMILES string of the molecule is Cc1cc([S+](C)C)cc(C)c1O.O=S(=O)([O-])C(F)(F)C(F)(F)C(F)(F)C(F)(F)F. The van der Waals surface area contributed by atoms with Crippen LogP contribution >= 0.6 is 0 Å². The third kappa shape index (κ3) is 5.42. The van der Waals surface area contributed by atoms with Crippen LogP contribution in [0, 0.1) is 13.8 Å². The van der Waals surface area contributed by atoms with E-state index in [-0.39, 0.29) is 10.9 Å². The van der Waals surface area contributed by atoms with E-state index in [4.69, 9.17) is 0 Å². The van der Waals surface area contributed by atoms with Crippen molar-refractivity contribution < 1.29 is 57.6 Å². The van der Waals surface area contributed by atoms with E-state index in [0.717, 1.165) is 11.1 Å². The van der Waals surface area contributed by atoms with Crippen LogP contribution in [0.15, 0.2) is 17.0 Å². The van der Waals surface area contributed by atoms with E-state index in [2.05, 4.69) is 24.6 Å². The summed E-state index contributed by atoms with van der Waals surface area (Å²) in [5.41, 5.74) is 1.96. The Balaban J connectivity index is 0.000000571. The Labute approximate surface area is 162 Å². The molecule has 29 heavy (non-hydrogen) atoms. The largest absolute Gasteiger partial charge is 0.743 e. The van der Waals surface area contributed by atoms with E-state index in [1.165, 1.54) is 4.90 Å². The van der Waals surface area contributed by atoms with E-state index in [0.29, 0.717) is 5.75 Å². The molecule has 0 radical (unpaired) electrons. The molecule has 1 rings (SSSR count). The Morgan fingerprint density at radius 2 is 1.21 bits per heavy atom. The predicted octanol–water partition coefficient (Wildman–Crippen LogP) is 4.20. The monoisotopic (exact) mass is 482 g/mol. The highest BCUT2D eigenvalue weighted by Gasteiger charge is 2.83. The van der Waals surface area contributed by atoms with Crippen molar-refractivity contribution >= 4 is 21.0 Å². The molecule has 4 nitrogen and oxygen atoms in total. The summed E-state index contributed by atoms with van der Waals surface area (Å²) >= 11 is 0. The van der Waals surface area contributed by atoms with Gasteiger partial charge in [-0.25, -0.2) is 8.42 Å². The Morgan fingerprint density at radius 1 is 0.862 bits per heavy atom. The number of halogens is 9. The van der Waals surface area contributed by atoms with E-state index in [1.807, 2.05) is 13.8 Å². The van der Waals surface area contributed by atoms with Gasteiger partial charge < -0.3 is 9.66 Å². The lowest BCUT2D eigenvalue weighted by molar-refractivity contribution is -0.382. The van der Waals surface area contributed by atoms with Crippen LogP contribution in [0.4, 0.5) is 39.5 Å². The van der Waals surface area contributed by atoms with E-state index in [9.17, 15) is 57.6 Å². The van der Waals surface area contributed by atoms with Crippen molar-refractivity contribution in [1.82, 2.24) is 0 Å². The summed E-state index contributed by atoms with van der Waals surface area (Å²) in [6.45, 7) is 3.89. The predicted molar refractivity (Wildman–Crippen MR) is 85.7 cm³/mol. The topological polar surface area (TPSA) is 77.4 Å². The first kappa shape index (κ1) is 27.6. The standard InChI is InChI=1S/C10H14OS.C4HF9O3S/c1-7-5-9(12(3)4)6-8(2)10(7)11;5-1(6,3(9,10)11)2(7,8)4(12,13)17(14,15)16/h5-6H,1-4H3;(H,14,15,16). The minimum Gasteiger partial charge on any atom is -0.743 e. The van der Waals surface area contributed by atoms with Crippen molar-refractivity contribution in [3.05, 3.63) is 23.3 Å².